The average Bonchev–Trinajstić information content (AvgIpc) is 3.08. The van der Waals surface area contributed by atoms with Crippen LogP contribution in [0.2, 0.25) is 0 Å². The van der Waals surface area contributed by atoms with Crippen molar-refractivity contribution in [2.75, 3.05) is 46.9 Å². The Balaban J connectivity index is 2.20. The monoisotopic (exact) mass is 714 g/mol. The zero-order chi connectivity index (χ0) is 35.8. The van der Waals surface area contributed by atoms with E-state index in [0.717, 1.165) is 44.1 Å². The summed E-state index contributed by atoms with van der Waals surface area (Å²) < 4.78 is 56.4. The van der Waals surface area contributed by atoms with Crippen molar-refractivity contribution in [3.63, 3.8) is 0 Å². The summed E-state index contributed by atoms with van der Waals surface area (Å²) >= 11 is 0. The fourth-order valence-corrected chi connectivity index (χ4v) is 6.13. The molecule has 1 unspecified atom stereocenters. The van der Waals surface area contributed by atoms with Crippen LogP contribution in [0.3, 0.4) is 0 Å². The smallest absolute Gasteiger partial charge is 0.306 e. The van der Waals surface area contributed by atoms with Gasteiger partial charge in [0.05, 0.1) is 31.3 Å². The summed E-state index contributed by atoms with van der Waals surface area (Å²) in [7, 11) is -2.16. The molecule has 1 rings (SSSR count). The van der Waals surface area contributed by atoms with Crippen molar-refractivity contribution < 1.29 is 45.9 Å². The molecule has 0 saturated carbocycles. The molecular weight excluding hydrogens is 648 g/mol. The van der Waals surface area contributed by atoms with E-state index in [1.807, 2.05) is 6.92 Å². The molecule has 0 bridgehead atoms. The minimum absolute atomic E-state index is 0.0210. The van der Waals surface area contributed by atoms with Gasteiger partial charge >= 0.3 is 11.9 Å². The highest BCUT2D eigenvalue weighted by Crippen LogP contribution is 2.16. The van der Waals surface area contributed by atoms with E-state index in [4.69, 9.17) is 27.9 Å². The lowest BCUT2D eigenvalue weighted by Crippen LogP contribution is -2.30. The number of rotatable bonds is 34. The highest BCUT2D eigenvalue weighted by Gasteiger charge is 2.18. The highest BCUT2D eigenvalue weighted by atomic mass is 32.2. The van der Waals surface area contributed by atoms with Crippen molar-refractivity contribution in [2.45, 2.75) is 153 Å². The predicted molar refractivity (Wildman–Crippen MR) is 192 cm³/mol. The summed E-state index contributed by atoms with van der Waals surface area (Å²) in [6.45, 7) is 5.10. The van der Waals surface area contributed by atoms with E-state index in [-0.39, 0.29) is 49.9 Å². The number of carbonyl (C=O) groups excluding carboxylic acids is 2. The number of esters is 2. The molecule has 1 aromatic carbocycles. The lowest BCUT2D eigenvalue weighted by Gasteiger charge is -2.18. The van der Waals surface area contributed by atoms with Crippen molar-refractivity contribution in [2.24, 2.45) is 0 Å². The molecule has 0 heterocycles. The van der Waals surface area contributed by atoms with Gasteiger partial charge in [-0.1, -0.05) is 121 Å². The first-order chi connectivity index (χ1) is 23.8. The summed E-state index contributed by atoms with van der Waals surface area (Å²) in [5, 5.41) is 0. The van der Waals surface area contributed by atoms with Crippen molar-refractivity contribution in [3.8, 4) is 0 Å². The van der Waals surface area contributed by atoms with Crippen LogP contribution >= 0.6 is 0 Å². The van der Waals surface area contributed by atoms with E-state index >= 15 is 0 Å². The Labute approximate surface area is 297 Å². The first kappa shape index (κ1) is 45.0. The number of methoxy groups -OCH3 is 1. The molecule has 1 aromatic rings. The van der Waals surface area contributed by atoms with E-state index < -0.39 is 16.2 Å². The van der Waals surface area contributed by atoms with Crippen LogP contribution in [-0.4, -0.2) is 73.4 Å². The Morgan fingerprint density at radius 2 is 1.16 bits per heavy atom. The molecule has 0 saturated heterocycles. The van der Waals surface area contributed by atoms with E-state index in [1.165, 1.54) is 64.2 Å². The van der Waals surface area contributed by atoms with Gasteiger partial charge in [0.15, 0.2) is 6.10 Å². The number of carbonyl (C=O) groups is 2. The first-order valence-electron chi connectivity index (χ1n) is 18.7. The fourth-order valence-electron chi connectivity index (χ4n) is 5.19. The normalized spacial score (nSPS) is 12.2. The van der Waals surface area contributed by atoms with Crippen LogP contribution in [0.25, 0.3) is 0 Å². The predicted octanol–water partition coefficient (Wildman–Crippen LogP) is 8.61. The number of hydrogen-bond acceptors (Lipinski definition) is 10. The van der Waals surface area contributed by atoms with Gasteiger partial charge in [0.25, 0.3) is 10.1 Å². The van der Waals surface area contributed by atoms with Gasteiger partial charge in [0.2, 0.25) is 0 Å². The summed E-state index contributed by atoms with van der Waals surface area (Å²) in [6.07, 6.45) is 19.6. The quantitative estimate of drug-likeness (QED) is 0.0297. The summed E-state index contributed by atoms with van der Waals surface area (Å²) in [5.74, 6) is -0.676. The summed E-state index contributed by atoms with van der Waals surface area (Å²) in [4.78, 5) is 25.0. The molecule has 284 valence electrons. The average molecular weight is 715 g/mol. The number of aryl methyl sites for hydroxylation is 1. The van der Waals surface area contributed by atoms with Crippen molar-refractivity contribution in [3.05, 3.63) is 29.8 Å². The van der Waals surface area contributed by atoms with Gasteiger partial charge in [-0.2, -0.15) is 8.42 Å². The molecule has 0 amide bonds. The Hall–Kier alpha value is -2.05. The third-order valence-corrected chi connectivity index (χ3v) is 9.51. The largest absolute Gasteiger partial charge is 0.462 e. The first-order valence-corrected chi connectivity index (χ1v) is 20.1. The SMILES string of the molecule is CCCCCCCCCCCCCCCC(=O)OC(COCOCCOC)COC(=O)CCCCCCCOS(=O)(=O)c1ccc(C)cc1. The Kier molecular flexibility index (Phi) is 28.2. The van der Waals surface area contributed by atoms with Crippen molar-refractivity contribution in [1.29, 1.82) is 0 Å². The third-order valence-electron chi connectivity index (χ3n) is 8.19. The maximum Gasteiger partial charge on any atom is 0.306 e. The van der Waals surface area contributed by atoms with Crippen molar-refractivity contribution >= 4 is 22.1 Å². The van der Waals surface area contributed by atoms with E-state index in [1.54, 1.807) is 31.4 Å². The van der Waals surface area contributed by atoms with Crippen LogP contribution in [0.1, 0.15) is 141 Å². The number of hydrogen-bond donors (Lipinski definition) is 0. The molecule has 11 heteroatoms. The molecule has 0 radical (unpaired) electrons. The number of unbranched alkanes of at least 4 members (excludes halogenated alkanes) is 16. The lowest BCUT2D eigenvalue weighted by atomic mass is 10.0. The van der Waals surface area contributed by atoms with E-state index in [0.29, 0.717) is 32.5 Å². The van der Waals surface area contributed by atoms with Gasteiger partial charge in [-0.25, -0.2) is 0 Å². The lowest BCUT2D eigenvalue weighted by molar-refractivity contribution is -0.167. The molecule has 1 atom stereocenters. The Morgan fingerprint density at radius 1 is 0.633 bits per heavy atom. The molecule has 49 heavy (non-hydrogen) atoms. The maximum atomic E-state index is 12.5. The van der Waals surface area contributed by atoms with Gasteiger partial charge < -0.3 is 23.7 Å². The van der Waals surface area contributed by atoms with Gasteiger partial charge in [-0.05, 0) is 38.3 Å². The van der Waals surface area contributed by atoms with E-state index in [9.17, 15) is 18.0 Å². The molecule has 0 aliphatic carbocycles. The van der Waals surface area contributed by atoms with E-state index in [2.05, 4.69) is 6.92 Å². The Bertz CT molecular complexity index is 1050. The Morgan fingerprint density at radius 3 is 1.73 bits per heavy atom. The molecule has 0 aromatic heterocycles. The zero-order valence-corrected chi connectivity index (χ0v) is 31.6. The highest BCUT2D eigenvalue weighted by molar-refractivity contribution is 7.86. The summed E-state index contributed by atoms with van der Waals surface area (Å²) in [6, 6.07) is 6.57. The third kappa shape index (κ3) is 26.4. The maximum absolute atomic E-state index is 12.5. The van der Waals surface area contributed by atoms with Crippen molar-refractivity contribution in [1.82, 2.24) is 0 Å². The molecule has 0 spiro atoms. The molecule has 0 fully saturated rings. The van der Waals surface area contributed by atoms with Crippen LogP contribution in [0.4, 0.5) is 0 Å². The van der Waals surface area contributed by atoms with Crippen LogP contribution in [0.5, 0.6) is 0 Å². The van der Waals surface area contributed by atoms with Crippen LogP contribution < -0.4 is 0 Å². The van der Waals surface area contributed by atoms with Crippen LogP contribution in [0.15, 0.2) is 29.2 Å². The number of benzene rings is 1. The van der Waals surface area contributed by atoms with Crippen LogP contribution in [-0.2, 0) is 47.6 Å². The van der Waals surface area contributed by atoms with Crippen LogP contribution in [0, 0.1) is 6.92 Å². The van der Waals surface area contributed by atoms with Gasteiger partial charge in [-0.15, -0.1) is 0 Å². The topological polar surface area (TPSA) is 124 Å². The minimum Gasteiger partial charge on any atom is -0.462 e. The molecule has 10 nitrogen and oxygen atoms in total. The second-order valence-electron chi connectivity index (χ2n) is 12.8. The molecular formula is C38H66O10S. The molecule has 0 N–H and O–H groups in total. The number of ether oxygens (including phenoxy) is 5. The zero-order valence-electron chi connectivity index (χ0n) is 30.8. The standard InChI is InChI=1S/C38H66O10S/c1-4-5-6-7-8-9-10-11-12-13-14-16-20-23-38(40)48-35(31-45-33-44-30-29-43-3)32-46-37(39)22-19-17-15-18-21-28-47-49(41,42)36-26-24-34(2)25-27-36/h24-27,35H,4-23,28-33H2,1-3H3. The van der Waals surface area contributed by atoms with Gasteiger partial charge in [0.1, 0.15) is 13.4 Å². The van der Waals surface area contributed by atoms with Gasteiger partial charge in [-0.3, -0.25) is 13.8 Å². The second-order valence-corrected chi connectivity index (χ2v) is 14.4. The minimum atomic E-state index is -3.75. The van der Waals surface area contributed by atoms with Gasteiger partial charge in [0, 0.05) is 20.0 Å². The second kappa shape index (κ2) is 30.7. The molecule has 0 aliphatic rings. The summed E-state index contributed by atoms with van der Waals surface area (Å²) in [5.41, 5.74) is 0.982. The molecule has 0 aliphatic heterocycles. The fraction of sp³-hybridized carbons (Fsp3) is 0.789.